The van der Waals surface area contributed by atoms with Gasteiger partial charge >= 0.3 is 0 Å². The number of para-hydroxylation sites is 1. The number of hydrogen-bond acceptors (Lipinski definition) is 3. The van der Waals surface area contributed by atoms with Crippen LogP contribution in [0.1, 0.15) is 11.3 Å². The van der Waals surface area contributed by atoms with E-state index < -0.39 is 0 Å². The number of nitrogens with one attached hydrogen (secondary N) is 1. The Morgan fingerprint density at radius 1 is 1.19 bits per heavy atom. The molecule has 0 aliphatic heterocycles. The fraction of sp³-hybridized carbons (Fsp3) is 0.125. The Labute approximate surface area is 122 Å². The minimum atomic E-state index is -0.0565. The molecule has 0 radical (unpaired) electrons. The Hall–Kier alpha value is -2.82. The van der Waals surface area contributed by atoms with Crippen LogP contribution in [0.25, 0.3) is 5.69 Å². The fourth-order valence-electron chi connectivity index (χ4n) is 2.02. The Kier molecular flexibility index (Phi) is 3.82. The third-order valence-corrected chi connectivity index (χ3v) is 3.06. The normalized spacial score (nSPS) is 10.5. The summed E-state index contributed by atoms with van der Waals surface area (Å²) >= 11 is 0. The van der Waals surface area contributed by atoms with Crippen LogP contribution in [0.5, 0.6) is 0 Å². The molecule has 2 heterocycles. The van der Waals surface area contributed by atoms with E-state index in [1.165, 1.54) is 0 Å². The minimum absolute atomic E-state index is 0.0565. The SMILES string of the molecule is O=C(Cc1cnn(-c2ccccc2)c1)NCc1ccco1. The number of nitrogens with zero attached hydrogens (tertiary/aromatic N) is 2. The Bertz CT molecular complexity index is 702. The summed E-state index contributed by atoms with van der Waals surface area (Å²) in [5.41, 5.74) is 1.84. The quantitative estimate of drug-likeness (QED) is 0.780. The summed E-state index contributed by atoms with van der Waals surface area (Å²) in [5, 5.41) is 7.08. The van der Waals surface area contributed by atoms with Crippen LogP contribution in [-0.2, 0) is 17.8 Å². The first-order valence-corrected chi connectivity index (χ1v) is 6.69. The lowest BCUT2D eigenvalue weighted by atomic mass is 10.2. The van der Waals surface area contributed by atoms with Crippen molar-refractivity contribution in [1.29, 1.82) is 0 Å². The molecule has 0 atom stereocenters. The second-order valence-corrected chi connectivity index (χ2v) is 4.66. The second kappa shape index (κ2) is 6.09. The minimum Gasteiger partial charge on any atom is -0.467 e. The van der Waals surface area contributed by atoms with Crippen molar-refractivity contribution < 1.29 is 9.21 Å². The molecule has 5 heteroatoms. The average Bonchev–Trinajstić information content (AvgIpc) is 3.17. The number of benzene rings is 1. The third-order valence-electron chi connectivity index (χ3n) is 3.06. The summed E-state index contributed by atoms with van der Waals surface area (Å²) in [5.74, 6) is 0.683. The standard InChI is InChI=1S/C16H15N3O2/c20-16(17-11-15-7-4-8-21-15)9-13-10-18-19(12-13)14-5-2-1-3-6-14/h1-8,10,12H,9,11H2,(H,17,20). The van der Waals surface area contributed by atoms with Gasteiger partial charge in [0.15, 0.2) is 0 Å². The van der Waals surface area contributed by atoms with Gasteiger partial charge in [-0.2, -0.15) is 5.10 Å². The Balaban J connectivity index is 1.58. The van der Waals surface area contributed by atoms with Crippen LogP contribution < -0.4 is 5.32 Å². The smallest absolute Gasteiger partial charge is 0.224 e. The monoisotopic (exact) mass is 281 g/mol. The zero-order chi connectivity index (χ0) is 14.5. The van der Waals surface area contributed by atoms with Crippen molar-refractivity contribution in [3.05, 3.63) is 72.4 Å². The summed E-state index contributed by atoms with van der Waals surface area (Å²) in [7, 11) is 0. The maximum atomic E-state index is 11.9. The largest absolute Gasteiger partial charge is 0.467 e. The lowest BCUT2D eigenvalue weighted by Gasteiger charge is -2.01. The molecule has 0 unspecified atom stereocenters. The van der Waals surface area contributed by atoms with E-state index in [0.29, 0.717) is 13.0 Å². The van der Waals surface area contributed by atoms with Crippen LogP contribution in [0, 0.1) is 0 Å². The van der Waals surface area contributed by atoms with Gasteiger partial charge in [-0.15, -0.1) is 0 Å². The van der Waals surface area contributed by atoms with E-state index in [1.54, 1.807) is 23.2 Å². The summed E-state index contributed by atoms with van der Waals surface area (Å²) < 4.78 is 6.92. The van der Waals surface area contributed by atoms with Gasteiger partial charge in [-0.1, -0.05) is 18.2 Å². The van der Waals surface area contributed by atoms with E-state index in [-0.39, 0.29) is 5.91 Å². The van der Waals surface area contributed by atoms with Crippen LogP contribution in [0.4, 0.5) is 0 Å². The fourth-order valence-corrected chi connectivity index (χ4v) is 2.02. The van der Waals surface area contributed by atoms with Gasteiger partial charge in [0.25, 0.3) is 0 Å². The van der Waals surface area contributed by atoms with E-state index >= 15 is 0 Å². The van der Waals surface area contributed by atoms with Gasteiger partial charge in [0.05, 0.1) is 31.1 Å². The molecule has 0 bridgehead atoms. The molecule has 0 aliphatic rings. The van der Waals surface area contributed by atoms with Gasteiger partial charge in [-0.3, -0.25) is 4.79 Å². The predicted molar refractivity (Wildman–Crippen MR) is 77.8 cm³/mol. The highest BCUT2D eigenvalue weighted by molar-refractivity contribution is 5.78. The van der Waals surface area contributed by atoms with Crippen molar-refractivity contribution in [2.45, 2.75) is 13.0 Å². The molecular formula is C16H15N3O2. The number of carbonyl (C=O) groups excluding carboxylic acids is 1. The molecule has 1 N–H and O–H groups in total. The van der Waals surface area contributed by atoms with Crippen molar-refractivity contribution in [2.75, 3.05) is 0 Å². The highest BCUT2D eigenvalue weighted by Gasteiger charge is 2.07. The van der Waals surface area contributed by atoms with Gasteiger partial charge in [-0.05, 0) is 29.8 Å². The summed E-state index contributed by atoms with van der Waals surface area (Å²) in [4.78, 5) is 11.9. The molecule has 5 nitrogen and oxygen atoms in total. The first kappa shape index (κ1) is 13.2. The number of aromatic nitrogens is 2. The number of rotatable bonds is 5. The summed E-state index contributed by atoms with van der Waals surface area (Å²) in [6.45, 7) is 0.401. The van der Waals surface area contributed by atoms with Crippen molar-refractivity contribution in [3.8, 4) is 5.69 Å². The van der Waals surface area contributed by atoms with Gasteiger partial charge < -0.3 is 9.73 Å². The second-order valence-electron chi connectivity index (χ2n) is 4.66. The maximum Gasteiger partial charge on any atom is 0.224 e. The number of furan rings is 1. The number of amides is 1. The van der Waals surface area contributed by atoms with E-state index in [0.717, 1.165) is 17.0 Å². The molecule has 3 rings (SSSR count). The predicted octanol–water partition coefficient (Wildman–Crippen LogP) is 2.32. The molecule has 2 aromatic heterocycles. The Morgan fingerprint density at radius 3 is 2.81 bits per heavy atom. The van der Waals surface area contributed by atoms with Gasteiger partial charge in [0, 0.05) is 6.20 Å². The van der Waals surface area contributed by atoms with Crippen LogP contribution in [0.2, 0.25) is 0 Å². The van der Waals surface area contributed by atoms with Crippen LogP contribution >= 0.6 is 0 Å². The lowest BCUT2D eigenvalue weighted by molar-refractivity contribution is -0.120. The zero-order valence-electron chi connectivity index (χ0n) is 11.4. The van der Waals surface area contributed by atoms with Gasteiger partial charge in [-0.25, -0.2) is 4.68 Å². The zero-order valence-corrected chi connectivity index (χ0v) is 11.4. The van der Waals surface area contributed by atoms with Crippen molar-refractivity contribution >= 4 is 5.91 Å². The summed E-state index contributed by atoms with van der Waals surface area (Å²) in [6, 6.07) is 13.4. The molecule has 0 saturated carbocycles. The number of carbonyl (C=O) groups is 1. The van der Waals surface area contributed by atoms with Crippen LogP contribution in [0.15, 0.2) is 65.5 Å². The molecule has 0 spiro atoms. The molecule has 0 aliphatic carbocycles. The van der Waals surface area contributed by atoms with Crippen LogP contribution in [-0.4, -0.2) is 15.7 Å². The Morgan fingerprint density at radius 2 is 2.05 bits per heavy atom. The highest BCUT2D eigenvalue weighted by Crippen LogP contribution is 2.08. The van der Waals surface area contributed by atoms with Crippen molar-refractivity contribution in [3.63, 3.8) is 0 Å². The summed E-state index contributed by atoms with van der Waals surface area (Å²) in [6.07, 6.45) is 5.46. The molecule has 1 aromatic carbocycles. The highest BCUT2D eigenvalue weighted by atomic mass is 16.3. The van der Waals surface area contributed by atoms with Crippen LogP contribution in [0.3, 0.4) is 0 Å². The van der Waals surface area contributed by atoms with Gasteiger partial charge in [0.2, 0.25) is 5.91 Å². The topological polar surface area (TPSA) is 60.1 Å². The third kappa shape index (κ3) is 3.39. The van der Waals surface area contributed by atoms with Gasteiger partial charge in [0.1, 0.15) is 5.76 Å². The molecule has 0 fully saturated rings. The molecule has 1 amide bonds. The molecule has 0 saturated heterocycles. The van der Waals surface area contributed by atoms with Crippen molar-refractivity contribution in [2.24, 2.45) is 0 Å². The number of hydrogen-bond donors (Lipinski definition) is 1. The first-order chi connectivity index (χ1) is 10.3. The molecule has 3 aromatic rings. The lowest BCUT2D eigenvalue weighted by Crippen LogP contribution is -2.24. The van der Waals surface area contributed by atoms with E-state index in [4.69, 9.17) is 4.42 Å². The van der Waals surface area contributed by atoms with E-state index in [9.17, 15) is 4.79 Å². The molecular weight excluding hydrogens is 266 g/mol. The van der Waals surface area contributed by atoms with E-state index in [2.05, 4.69) is 10.4 Å². The first-order valence-electron chi connectivity index (χ1n) is 6.69. The van der Waals surface area contributed by atoms with E-state index in [1.807, 2.05) is 42.6 Å². The van der Waals surface area contributed by atoms with Crippen molar-refractivity contribution in [1.82, 2.24) is 15.1 Å². The maximum absolute atomic E-state index is 11.9. The molecule has 106 valence electrons. The average molecular weight is 281 g/mol. The molecule has 21 heavy (non-hydrogen) atoms.